The zero-order chi connectivity index (χ0) is 22.1. The molecule has 0 aromatic heterocycles. The molecule has 1 aliphatic rings. The number of anilines is 1. The van der Waals surface area contributed by atoms with Gasteiger partial charge in [0, 0.05) is 50.5 Å². The number of amides is 2. The van der Waals surface area contributed by atoms with E-state index in [4.69, 9.17) is 0 Å². The first-order valence-corrected chi connectivity index (χ1v) is 10.9. The second-order valence-corrected chi connectivity index (χ2v) is 7.93. The number of nitrogens with zero attached hydrogens (tertiary/aromatic N) is 2. The Labute approximate surface area is 184 Å². The van der Waals surface area contributed by atoms with Gasteiger partial charge in [0.1, 0.15) is 6.04 Å². The summed E-state index contributed by atoms with van der Waals surface area (Å²) in [4.78, 5) is 29.3. The predicted molar refractivity (Wildman–Crippen MR) is 126 cm³/mol. The molecule has 1 heterocycles. The van der Waals surface area contributed by atoms with Crippen LogP contribution < -0.4 is 15.5 Å². The van der Waals surface area contributed by atoms with Gasteiger partial charge in [-0.15, -0.1) is 0 Å². The molecular weight excluding hydrogens is 388 g/mol. The van der Waals surface area contributed by atoms with Gasteiger partial charge >= 0.3 is 0 Å². The SMILES string of the molecule is CC(NC(=O)/C=C/c1ccccc1)C(=O)NCC(C)N1CCN(c2ccccc2)CC1. The third kappa shape index (κ3) is 6.96. The van der Waals surface area contributed by atoms with Gasteiger partial charge in [0.2, 0.25) is 11.8 Å². The van der Waals surface area contributed by atoms with Crippen molar-refractivity contribution in [2.45, 2.75) is 25.9 Å². The van der Waals surface area contributed by atoms with Crippen LogP contribution >= 0.6 is 0 Å². The fourth-order valence-corrected chi connectivity index (χ4v) is 3.65. The molecule has 0 saturated carbocycles. The Morgan fingerprint density at radius 2 is 1.55 bits per heavy atom. The molecule has 6 heteroatoms. The highest BCUT2D eigenvalue weighted by Gasteiger charge is 2.22. The normalized spacial score (nSPS) is 16.6. The number of para-hydroxylation sites is 1. The second kappa shape index (κ2) is 11.3. The van der Waals surface area contributed by atoms with Gasteiger partial charge in [-0.2, -0.15) is 0 Å². The number of carbonyl (C=O) groups excluding carboxylic acids is 2. The summed E-state index contributed by atoms with van der Waals surface area (Å²) in [6, 6.07) is 19.7. The maximum Gasteiger partial charge on any atom is 0.244 e. The molecule has 0 aliphatic carbocycles. The van der Waals surface area contributed by atoms with E-state index >= 15 is 0 Å². The molecule has 31 heavy (non-hydrogen) atoms. The molecule has 2 amide bonds. The number of nitrogens with one attached hydrogen (secondary N) is 2. The average Bonchev–Trinajstić information content (AvgIpc) is 2.82. The highest BCUT2D eigenvalue weighted by molar-refractivity contribution is 5.95. The van der Waals surface area contributed by atoms with Crippen LogP contribution in [0.15, 0.2) is 66.7 Å². The van der Waals surface area contributed by atoms with Crippen molar-refractivity contribution >= 4 is 23.6 Å². The van der Waals surface area contributed by atoms with Gasteiger partial charge in [-0.3, -0.25) is 14.5 Å². The van der Waals surface area contributed by atoms with Crippen molar-refractivity contribution in [2.24, 2.45) is 0 Å². The summed E-state index contributed by atoms with van der Waals surface area (Å²) in [6.45, 7) is 8.26. The molecule has 164 valence electrons. The third-order valence-corrected chi connectivity index (χ3v) is 5.61. The first-order valence-electron chi connectivity index (χ1n) is 10.9. The maximum atomic E-state index is 12.4. The molecule has 1 saturated heterocycles. The summed E-state index contributed by atoms with van der Waals surface area (Å²) in [5.74, 6) is -0.451. The van der Waals surface area contributed by atoms with Crippen LogP contribution in [0.25, 0.3) is 6.08 Å². The highest BCUT2D eigenvalue weighted by Crippen LogP contribution is 2.16. The lowest BCUT2D eigenvalue weighted by Crippen LogP contribution is -2.53. The summed E-state index contributed by atoms with van der Waals surface area (Å²) < 4.78 is 0. The van der Waals surface area contributed by atoms with Crippen LogP contribution in [0.5, 0.6) is 0 Å². The van der Waals surface area contributed by atoms with Crippen LogP contribution in [0.3, 0.4) is 0 Å². The van der Waals surface area contributed by atoms with Gasteiger partial charge in [-0.1, -0.05) is 48.5 Å². The van der Waals surface area contributed by atoms with Crippen LogP contribution in [-0.2, 0) is 9.59 Å². The van der Waals surface area contributed by atoms with Crippen LogP contribution in [0.2, 0.25) is 0 Å². The summed E-state index contributed by atoms with van der Waals surface area (Å²) in [6.07, 6.45) is 3.19. The first-order chi connectivity index (χ1) is 15.0. The minimum absolute atomic E-state index is 0.170. The summed E-state index contributed by atoms with van der Waals surface area (Å²) in [7, 11) is 0. The number of benzene rings is 2. The molecule has 2 aromatic rings. The van der Waals surface area contributed by atoms with Gasteiger partial charge in [0.05, 0.1) is 0 Å². The first kappa shape index (κ1) is 22.6. The molecule has 3 rings (SSSR count). The van der Waals surface area contributed by atoms with E-state index in [9.17, 15) is 9.59 Å². The summed E-state index contributed by atoms with van der Waals surface area (Å²) >= 11 is 0. The lowest BCUT2D eigenvalue weighted by atomic mass is 10.2. The average molecular weight is 421 g/mol. The van der Waals surface area contributed by atoms with E-state index in [-0.39, 0.29) is 17.9 Å². The Morgan fingerprint density at radius 1 is 0.935 bits per heavy atom. The lowest BCUT2D eigenvalue weighted by molar-refractivity contribution is -0.126. The molecule has 2 N–H and O–H groups in total. The molecule has 0 radical (unpaired) electrons. The highest BCUT2D eigenvalue weighted by atomic mass is 16.2. The van der Waals surface area contributed by atoms with Crippen molar-refractivity contribution in [3.63, 3.8) is 0 Å². The van der Waals surface area contributed by atoms with Crippen molar-refractivity contribution in [3.05, 3.63) is 72.3 Å². The van der Waals surface area contributed by atoms with Gasteiger partial charge in [-0.25, -0.2) is 0 Å². The van der Waals surface area contributed by atoms with Crippen molar-refractivity contribution in [2.75, 3.05) is 37.6 Å². The van der Waals surface area contributed by atoms with E-state index in [2.05, 4.69) is 51.6 Å². The van der Waals surface area contributed by atoms with Crippen LogP contribution in [-0.4, -0.2) is 61.5 Å². The fourth-order valence-electron chi connectivity index (χ4n) is 3.65. The molecule has 2 aromatic carbocycles. The van der Waals surface area contributed by atoms with Crippen LogP contribution in [0.1, 0.15) is 19.4 Å². The number of piperazine rings is 1. The summed E-state index contributed by atoms with van der Waals surface area (Å²) in [5.41, 5.74) is 2.20. The molecule has 2 atom stereocenters. The smallest absolute Gasteiger partial charge is 0.244 e. The van der Waals surface area contributed by atoms with Crippen molar-refractivity contribution in [3.8, 4) is 0 Å². The monoisotopic (exact) mass is 420 g/mol. The standard InChI is InChI=1S/C25H32N4O2/c1-20(28-15-17-29(18-16-28)23-11-7-4-8-12-23)19-26-25(31)21(2)27-24(30)14-13-22-9-5-3-6-10-22/h3-14,20-21H,15-19H2,1-2H3,(H,26,31)(H,27,30)/b14-13+. The number of carbonyl (C=O) groups is 2. The van der Waals surface area contributed by atoms with Crippen molar-refractivity contribution < 1.29 is 9.59 Å². The second-order valence-electron chi connectivity index (χ2n) is 7.93. The van der Waals surface area contributed by atoms with Gasteiger partial charge in [0.25, 0.3) is 0 Å². The Bertz CT molecular complexity index is 862. The summed E-state index contributed by atoms with van der Waals surface area (Å²) in [5, 5.41) is 5.69. The minimum atomic E-state index is -0.588. The lowest BCUT2D eigenvalue weighted by Gasteiger charge is -2.39. The van der Waals surface area contributed by atoms with Crippen LogP contribution in [0, 0.1) is 0 Å². The molecule has 0 spiro atoms. The Kier molecular flexibility index (Phi) is 8.24. The van der Waals surface area contributed by atoms with Crippen molar-refractivity contribution in [1.82, 2.24) is 15.5 Å². The molecular formula is C25H32N4O2. The fraction of sp³-hybridized carbons (Fsp3) is 0.360. The molecule has 6 nitrogen and oxygen atoms in total. The van der Waals surface area contributed by atoms with E-state index in [1.54, 1.807) is 13.0 Å². The zero-order valence-electron chi connectivity index (χ0n) is 18.3. The predicted octanol–water partition coefficient (Wildman–Crippen LogP) is 2.53. The Morgan fingerprint density at radius 3 is 2.19 bits per heavy atom. The van der Waals surface area contributed by atoms with E-state index in [1.165, 1.54) is 11.8 Å². The minimum Gasteiger partial charge on any atom is -0.369 e. The number of rotatable bonds is 8. The molecule has 1 fully saturated rings. The van der Waals surface area contributed by atoms with Crippen LogP contribution in [0.4, 0.5) is 5.69 Å². The van der Waals surface area contributed by atoms with Gasteiger partial charge < -0.3 is 15.5 Å². The Balaban J connectivity index is 1.37. The van der Waals surface area contributed by atoms with E-state index in [0.717, 1.165) is 31.7 Å². The van der Waals surface area contributed by atoms with Crippen molar-refractivity contribution in [1.29, 1.82) is 0 Å². The topological polar surface area (TPSA) is 64.7 Å². The van der Waals surface area contributed by atoms with Gasteiger partial charge in [-0.05, 0) is 37.6 Å². The van der Waals surface area contributed by atoms with Gasteiger partial charge in [0.15, 0.2) is 0 Å². The molecule has 2 unspecified atom stereocenters. The number of hydrogen-bond acceptors (Lipinski definition) is 4. The maximum absolute atomic E-state index is 12.4. The Hall–Kier alpha value is -3.12. The van der Waals surface area contributed by atoms with E-state index in [1.807, 2.05) is 36.4 Å². The molecule has 1 aliphatic heterocycles. The number of hydrogen-bond donors (Lipinski definition) is 2. The van der Waals surface area contributed by atoms with E-state index in [0.29, 0.717) is 6.54 Å². The zero-order valence-corrected chi connectivity index (χ0v) is 18.3. The third-order valence-electron chi connectivity index (χ3n) is 5.61. The quantitative estimate of drug-likeness (QED) is 0.644. The van der Waals surface area contributed by atoms with E-state index < -0.39 is 6.04 Å². The molecule has 0 bridgehead atoms. The largest absolute Gasteiger partial charge is 0.369 e.